The lowest BCUT2D eigenvalue weighted by Gasteiger charge is -1.99. The zero-order chi connectivity index (χ0) is 12.4. The van der Waals surface area contributed by atoms with Gasteiger partial charge in [-0.2, -0.15) is 29.9 Å². The highest BCUT2D eigenvalue weighted by molar-refractivity contribution is 7.99. The summed E-state index contributed by atoms with van der Waals surface area (Å²) in [5.74, 6) is 0. The van der Waals surface area contributed by atoms with Gasteiger partial charge in [0.15, 0.2) is 0 Å². The predicted octanol–water partition coefficient (Wildman–Crippen LogP) is 2.82. The second kappa shape index (κ2) is 5.45. The quantitative estimate of drug-likeness (QED) is 0.838. The topological polar surface area (TPSA) is 77.3 Å². The highest BCUT2D eigenvalue weighted by Crippen LogP contribution is 2.24. The molecule has 0 aliphatic carbocycles. The van der Waals surface area contributed by atoms with Gasteiger partial charge in [-0.15, -0.1) is 0 Å². The molecule has 0 N–H and O–H groups in total. The van der Waals surface area contributed by atoms with Crippen LogP contribution in [0.5, 0.6) is 0 Å². The minimum atomic E-state index is -0.0289. The highest BCUT2D eigenvalue weighted by atomic mass is 35.5. The number of nitrogens with zero attached hydrogens (tertiary/aromatic N) is 6. The molecule has 0 radical (unpaired) electrons. The van der Waals surface area contributed by atoms with Crippen LogP contribution < -0.4 is 0 Å². The molecule has 6 nitrogen and oxygen atoms in total. The Bertz CT molecular complexity index is 476. The molecule has 0 aliphatic rings. The van der Waals surface area contributed by atoms with Crippen molar-refractivity contribution in [3.8, 4) is 0 Å². The van der Waals surface area contributed by atoms with Crippen molar-refractivity contribution < 1.29 is 0 Å². The van der Waals surface area contributed by atoms with Gasteiger partial charge >= 0.3 is 0 Å². The Hall–Kier alpha value is -0.470. The smallest absolute Gasteiger partial charge is 0.191 e. The maximum atomic E-state index is 5.61. The van der Waals surface area contributed by atoms with Gasteiger partial charge in [0, 0.05) is 0 Å². The van der Waals surface area contributed by atoms with Gasteiger partial charge in [-0.05, 0) is 58.2 Å². The molecule has 88 valence electrons. The summed E-state index contributed by atoms with van der Waals surface area (Å²) in [6, 6.07) is 0. The van der Waals surface area contributed by atoms with Gasteiger partial charge in [0.1, 0.15) is 0 Å². The maximum absolute atomic E-state index is 5.61. The molecular formula is C6Cl4N6S. The van der Waals surface area contributed by atoms with Gasteiger partial charge in [0.05, 0.1) is 0 Å². The van der Waals surface area contributed by atoms with Crippen molar-refractivity contribution in [2.75, 3.05) is 0 Å². The molecule has 17 heavy (non-hydrogen) atoms. The predicted molar refractivity (Wildman–Crippen MR) is 63.8 cm³/mol. The Morgan fingerprint density at radius 1 is 0.529 bits per heavy atom. The zero-order valence-corrected chi connectivity index (χ0v) is 11.4. The molecule has 2 rings (SSSR count). The molecule has 2 heterocycles. The van der Waals surface area contributed by atoms with Crippen LogP contribution in [0.1, 0.15) is 0 Å². The molecule has 2 aromatic rings. The number of rotatable bonds is 2. The summed E-state index contributed by atoms with van der Waals surface area (Å²) in [4.78, 5) is 22.5. The third-order valence-electron chi connectivity index (χ3n) is 1.30. The molecule has 0 saturated heterocycles. The van der Waals surface area contributed by atoms with E-state index < -0.39 is 0 Å². The molecule has 0 spiro atoms. The summed E-state index contributed by atoms with van der Waals surface area (Å²) in [6.07, 6.45) is 0. The second-order valence-electron chi connectivity index (χ2n) is 2.41. The summed E-state index contributed by atoms with van der Waals surface area (Å²) in [5.41, 5.74) is 0. The van der Waals surface area contributed by atoms with E-state index in [1.807, 2.05) is 0 Å². The van der Waals surface area contributed by atoms with Crippen LogP contribution in [0.2, 0.25) is 21.1 Å². The average Bonchev–Trinajstić information content (AvgIpc) is 2.13. The lowest BCUT2D eigenvalue weighted by atomic mass is 11.1. The number of hydrogen-bond acceptors (Lipinski definition) is 7. The molecule has 0 aromatic carbocycles. The Labute approximate surface area is 119 Å². The fourth-order valence-corrected chi connectivity index (χ4v) is 2.41. The average molecular weight is 330 g/mol. The molecule has 0 amide bonds. The summed E-state index contributed by atoms with van der Waals surface area (Å²) >= 11 is 23.4. The molecule has 0 fully saturated rings. The molecule has 0 aliphatic heterocycles. The van der Waals surface area contributed by atoms with Gasteiger partial charge in [0.2, 0.25) is 31.4 Å². The summed E-state index contributed by atoms with van der Waals surface area (Å²) in [6.45, 7) is 0. The summed E-state index contributed by atoms with van der Waals surface area (Å²) < 4.78 is 0. The van der Waals surface area contributed by atoms with Crippen molar-refractivity contribution in [3.05, 3.63) is 21.1 Å². The van der Waals surface area contributed by atoms with Gasteiger partial charge in [0.25, 0.3) is 0 Å². The van der Waals surface area contributed by atoms with Crippen molar-refractivity contribution in [1.82, 2.24) is 29.9 Å². The Balaban J connectivity index is 2.31. The minimum absolute atomic E-state index is 0.0289. The lowest BCUT2D eigenvalue weighted by Crippen LogP contribution is -1.95. The fourth-order valence-electron chi connectivity index (χ4n) is 0.791. The standard InChI is InChI=1S/C6Cl4N6S/c7-1-11-2(8)14-5(13-1)17-6-15-3(9)12-4(10)16-6. The molecule has 11 heteroatoms. The van der Waals surface area contributed by atoms with E-state index in [1.54, 1.807) is 0 Å². The Morgan fingerprint density at radius 3 is 1.12 bits per heavy atom. The third-order valence-corrected chi connectivity index (χ3v) is 2.71. The van der Waals surface area contributed by atoms with Crippen molar-refractivity contribution in [3.63, 3.8) is 0 Å². The molecule has 0 bridgehead atoms. The van der Waals surface area contributed by atoms with Crippen LogP contribution in [0.15, 0.2) is 10.3 Å². The summed E-state index contributed by atoms with van der Waals surface area (Å²) in [7, 11) is 0. The van der Waals surface area contributed by atoms with E-state index in [0.29, 0.717) is 0 Å². The van der Waals surface area contributed by atoms with E-state index in [-0.39, 0.29) is 31.4 Å². The van der Waals surface area contributed by atoms with E-state index >= 15 is 0 Å². The van der Waals surface area contributed by atoms with Crippen LogP contribution in [0.25, 0.3) is 0 Å². The lowest BCUT2D eigenvalue weighted by molar-refractivity contribution is 0.871. The normalized spacial score (nSPS) is 10.6. The van der Waals surface area contributed by atoms with Crippen LogP contribution >= 0.6 is 58.2 Å². The largest absolute Gasteiger partial charge is 0.227 e. The third kappa shape index (κ3) is 3.75. The summed E-state index contributed by atoms with van der Waals surface area (Å²) in [5, 5.41) is 0.344. The first-order valence-electron chi connectivity index (χ1n) is 3.85. The van der Waals surface area contributed by atoms with Crippen LogP contribution in [0.4, 0.5) is 0 Å². The Kier molecular flexibility index (Phi) is 4.16. The van der Waals surface area contributed by atoms with E-state index in [0.717, 1.165) is 11.8 Å². The first kappa shape index (κ1) is 13.0. The van der Waals surface area contributed by atoms with E-state index in [2.05, 4.69) is 29.9 Å². The minimum Gasteiger partial charge on any atom is -0.191 e. The van der Waals surface area contributed by atoms with Crippen LogP contribution in [0, 0.1) is 0 Å². The molecule has 0 atom stereocenters. The van der Waals surface area contributed by atoms with E-state index in [9.17, 15) is 0 Å². The van der Waals surface area contributed by atoms with Gasteiger partial charge in [-0.25, -0.2) is 0 Å². The second-order valence-corrected chi connectivity index (χ2v) is 4.70. The number of hydrogen-bond donors (Lipinski definition) is 0. The number of aromatic nitrogens is 6. The fraction of sp³-hybridized carbons (Fsp3) is 0. The van der Waals surface area contributed by atoms with Crippen LogP contribution in [0.3, 0.4) is 0 Å². The monoisotopic (exact) mass is 328 g/mol. The van der Waals surface area contributed by atoms with Gasteiger partial charge in [-0.3, -0.25) is 0 Å². The zero-order valence-electron chi connectivity index (χ0n) is 7.60. The first-order valence-corrected chi connectivity index (χ1v) is 6.18. The highest BCUT2D eigenvalue weighted by Gasteiger charge is 2.09. The van der Waals surface area contributed by atoms with Crippen LogP contribution in [-0.4, -0.2) is 29.9 Å². The molecule has 0 unspecified atom stereocenters. The van der Waals surface area contributed by atoms with E-state index in [4.69, 9.17) is 46.4 Å². The Morgan fingerprint density at radius 2 is 0.824 bits per heavy atom. The van der Waals surface area contributed by atoms with Crippen molar-refractivity contribution >= 4 is 58.2 Å². The van der Waals surface area contributed by atoms with Crippen molar-refractivity contribution in [1.29, 1.82) is 0 Å². The van der Waals surface area contributed by atoms with Gasteiger partial charge in [-0.1, -0.05) is 0 Å². The van der Waals surface area contributed by atoms with E-state index in [1.165, 1.54) is 0 Å². The maximum Gasteiger partial charge on any atom is 0.227 e. The van der Waals surface area contributed by atoms with Crippen molar-refractivity contribution in [2.45, 2.75) is 10.3 Å². The van der Waals surface area contributed by atoms with Crippen molar-refractivity contribution in [2.24, 2.45) is 0 Å². The first-order chi connectivity index (χ1) is 8.02. The SMILES string of the molecule is Clc1nc(Cl)nc(Sc2nc(Cl)nc(Cl)n2)n1. The van der Waals surface area contributed by atoms with Crippen LogP contribution in [-0.2, 0) is 0 Å². The van der Waals surface area contributed by atoms with Gasteiger partial charge < -0.3 is 0 Å². The molecule has 0 saturated carbocycles. The molecule has 2 aromatic heterocycles. The molecular weight excluding hydrogens is 330 g/mol. The number of halogens is 4.